The summed E-state index contributed by atoms with van der Waals surface area (Å²) in [7, 11) is 1.44. The van der Waals surface area contributed by atoms with E-state index >= 15 is 0 Å². The van der Waals surface area contributed by atoms with Gasteiger partial charge >= 0.3 is 6.18 Å². The molecular formula is C18H15F3N2O3. The van der Waals surface area contributed by atoms with E-state index in [0.717, 1.165) is 0 Å². The van der Waals surface area contributed by atoms with Gasteiger partial charge in [-0.3, -0.25) is 4.79 Å². The van der Waals surface area contributed by atoms with Crippen molar-refractivity contribution in [1.82, 2.24) is 0 Å². The van der Waals surface area contributed by atoms with Gasteiger partial charge in [-0.1, -0.05) is 30.3 Å². The van der Waals surface area contributed by atoms with Gasteiger partial charge in [0, 0.05) is 0 Å². The lowest BCUT2D eigenvalue weighted by Crippen LogP contribution is -2.37. The molecule has 2 atom stereocenters. The lowest BCUT2D eigenvalue weighted by molar-refractivity contribution is -0.123. The van der Waals surface area contributed by atoms with Gasteiger partial charge in [0.2, 0.25) is 0 Å². The number of amides is 1. The Balaban J connectivity index is 1.98. The van der Waals surface area contributed by atoms with Crippen LogP contribution in [0.4, 0.5) is 18.9 Å². The Bertz CT molecular complexity index is 820. The van der Waals surface area contributed by atoms with E-state index in [1.165, 1.54) is 43.5 Å². The van der Waals surface area contributed by atoms with Crippen molar-refractivity contribution in [3.63, 3.8) is 0 Å². The number of hydrazone groups is 1. The molecule has 0 saturated heterocycles. The number of rotatable bonds is 4. The number of methoxy groups -OCH3 is 1. The third kappa shape index (κ3) is 3.28. The van der Waals surface area contributed by atoms with E-state index in [9.17, 15) is 23.1 Å². The number of carbonyl (C=O) groups is 1. The van der Waals surface area contributed by atoms with E-state index in [-0.39, 0.29) is 11.3 Å². The molecule has 0 bridgehead atoms. The molecule has 0 saturated carbocycles. The molecule has 0 radical (unpaired) electrons. The van der Waals surface area contributed by atoms with Crippen molar-refractivity contribution in [2.24, 2.45) is 11.0 Å². The standard InChI is InChI=1S/C18H15F3N2O3/c1-26-13-9-7-11(8-10-13)15(24)14-16(18(19,20)21)22-23(17(14)25)12-5-3-2-4-6-12/h2-10,14-15,24H,1H3. The van der Waals surface area contributed by atoms with Crippen molar-refractivity contribution in [3.05, 3.63) is 60.2 Å². The van der Waals surface area contributed by atoms with E-state index in [2.05, 4.69) is 5.10 Å². The third-order valence-corrected chi connectivity index (χ3v) is 4.04. The predicted molar refractivity (Wildman–Crippen MR) is 88.9 cm³/mol. The van der Waals surface area contributed by atoms with Crippen LogP contribution in [0.1, 0.15) is 11.7 Å². The lowest BCUT2D eigenvalue weighted by atomic mass is 9.91. The van der Waals surface area contributed by atoms with E-state index in [1.807, 2.05) is 0 Å². The maximum atomic E-state index is 13.4. The maximum Gasteiger partial charge on any atom is 0.432 e. The van der Waals surface area contributed by atoms with Gasteiger partial charge in [-0.05, 0) is 29.8 Å². The number of nitrogens with zero attached hydrogens (tertiary/aromatic N) is 2. The molecule has 0 aliphatic carbocycles. The summed E-state index contributed by atoms with van der Waals surface area (Å²) in [6.07, 6.45) is -6.54. The number of hydrogen-bond acceptors (Lipinski definition) is 4. The van der Waals surface area contributed by atoms with E-state index in [1.54, 1.807) is 18.2 Å². The molecule has 1 aliphatic heterocycles. The topological polar surface area (TPSA) is 62.1 Å². The van der Waals surface area contributed by atoms with Crippen LogP contribution in [-0.2, 0) is 4.79 Å². The second-order valence-electron chi connectivity index (χ2n) is 5.66. The summed E-state index contributed by atoms with van der Waals surface area (Å²) in [6, 6.07) is 13.6. The number of benzene rings is 2. The Labute approximate surface area is 147 Å². The van der Waals surface area contributed by atoms with Crippen LogP contribution in [0.5, 0.6) is 5.75 Å². The van der Waals surface area contributed by atoms with Gasteiger partial charge in [0.25, 0.3) is 5.91 Å². The average molecular weight is 364 g/mol. The molecule has 26 heavy (non-hydrogen) atoms. The first-order valence-corrected chi connectivity index (χ1v) is 7.69. The molecule has 1 aliphatic rings. The smallest absolute Gasteiger partial charge is 0.432 e. The monoisotopic (exact) mass is 364 g/mol. The molecular weight excluding hydrogens is 349 g/mol. The molecule has 1 N–H and O–H groups in total. The fraction of sp³-hybridized carbons (Fsp3) is 0.222. The first-order chi connectivity index (χ1) is 12.3. The van der Waals surface area contributed by atoms with Crippen LogP contribution < -0.4 is 9.75 Å². The van der Waals surface area contributed by atoms with Gasteiger partial charge in [0.1, 0.15) is 11.7 Å². The number of alkyl halides is 3. The van der Waals surface area contributed by atoms with E-state index < -0.39 is 29.8 Å². The van der Waals surface area contributed by atoms with Gasteiger partial charge in [0.05, 0.1) is 18.9 Å². The molecule has 1 heterocycles. The highest BCUT2D eigenvalue weighted by Crippen LogP contribution is 2.38. The molecule has 8 heteroatoms. The first kappa shape index (κ1) is 17.9. The quantitative estimate of drug-likeness (QED) is 0.905. The summed E-state index contributed by atoms with van der Waals surface area (Å²) in [6.45, 7) is 0. The number of hydrogen-bond donors (Lipinski definition) is 1. The summed E-state index contributed by atoms with van der Waals surface area (Å²) in [5.41, 5.74) is -0.964. The van der Waals surface area contributed by atoms with Crippen LogP contribution in [0.15, 0.2) is 59.7 Å². The highest BCUT2D eigenvalue weighted by Gasteiger charge is 2.53. The molecule has 136 valence electrons. The summed E-state index contributed by atoms with van der Waals surface area (Å²) >= 11 is 0. The highest BCUT2D eigenvalue weighted by atomic mass is 19.4. The van der Waals surface area contributed by atoms with Gasteiger partial charge in [-0.2, -0.15) is 23.3 Å². The molecule has 0 spiro atoms. The Morgan fingerprint density at radius 3 is 2.27 bits per heavy atom. The van der Waals surface area contributed by atoms with Crippen molar-refractivity contribution in [1.29, 1.82) is 0 Å². The zero-order valence-electron chi connectivity index (χ0n) is 13.6. The minimum Gasteiger partial charge on any atom is -0.497 e. The third-order valence-electron chi connectivity index (χ3n) is 4.04. The Hall–Kier alpha value is -2.87. The number of halogens is 3. The second-order valence-corrected chi connectivity index (χ2v) is 5.66. The molecule has 1 amide bonds. The number of ether oxygens (including phenoxy) is 1. The number of aliphatic hydroxyl groups excluding tert-OH is 1. The van der Waals surface area contributed by atoms with Crippen molar-refractivity contribution >= 4 is 17.3 Å². The SMILES string of the molecule is COc1ccc(C(O)C2C(=O)N(c3ccccc3)N=C2C(F)(F)F)cc1. The fourth-order valence-electron chi connectivity index (χ4n) is 2.73. The lowest BCUT2D eigenvalue weighted by Gasteiger charge is -2.20. The molecule has 2 aromatic rings. The Morgan fingerprint density at radius 2 is 1.73 bits per heavy atom. The Kier molecular flexibility index (Phi) is 4.69. The second kappa shape index (κ2) is 6.80. The highest BCUT2D eigenvalue weighted by molar-refractivity contribution is 6.17. The molecule has 0 fully saturated rings. The van der Waals surface area contributed by atoms with Crippen LogP contribution in [0, 0.1) is 5.92 Å². The van der Waals surface area contributed by atoms with Gasteiger partial charge in [-0.15, -0.1) is 0 Å². The van der Waals surface area contributed by atoms with Crippen molar-refractivity contribution in [2.75, 3.05) is 12.1 Å². The summed E-state index contributed by atoms with van der Waals surface area (Å²) < 4.78 is 45.3. The van der Waals surface area contributed by atoms with Gasteiger partial charge in [0.15, 0.2) is 5.71 Å². The molecule has 0 aromatic heterocycles. The first-order valence-electron chi connectivity index (χ1n) is 7.69. The average Bonchev–Trinajstić information content (AvgIpc) is 2.99. The van der Waals surface area contributed by atoms with Crippen LogP contribution in [0.25, 0.3) is 0 Å². The van der Waals surface area contributed by atoms with Crippen LogP contribution in [0.3, 0.4) is 0 Å². The molecule has 5 nitrogen and oxygen atoms in total. The molecule has 2 aromatic carbocycles. The van der Waals surface area contributed by atoms with Crippen molar-refractivity contribution in [2.45, 2.75) is 12.3 Å². The number of para-hydroxylation sites is 1. The van der Waals surface area contributed by atoms with Crippen molar-refractivity contribution < 1.29 is 27.8 Å². The molecule has 3 rings (SSSR count). The number of aliphatic hydroxyl groups is 1. The fourth-order valence-corrected chi connectivity index (χ4v) is 2.73. The number of carbonyl (C=O) groups excluding carboxylic acids is 1. The van der Waals surface area contributed by atoms with Gasteiger partial charge in [-0.25, -0.2) is 0 Å². The van der Waals surface area contributed by atoms with Crippen molar-refractivity contribution in [3.8, 4) is 5.75 Å². The van der Waals surface area contributed by atoms with Crippen LogP contribution >= 0.6 is 0 Å². The summed E-state index contributed by atoms with van der Waals surface area (Å²) in [4.78, 5) is 12.6. The van der Waals surface area contributed by atoms with Crippen LogP contribution in [-0.4, -0.2) is 30.0 Å². The Morgan fingerprint density at radius 1 is 1.12 bits per heavy atom. The van der Waals surface area contributed by atoms with Crippen LogP contribution in [0.2, 0.25) is 0 Å². The van der Waals surface area contributed by atoms with E-state index in [4.69, 9.17) is 4.74 Å². The van der Waals surface area contributed by atoms with Gasteiger partial charge < -0.3 is 9.84 Å². The normalized spacial score (nSPS) is 18.7. The zero-order valence-corrected chi connectivity index (χ0v) is 13.6. The largest absolute Gasteiger partial charge is 0.497 e. The minimum atomic E-state index is -4.85. The predicted octanol–water partition coefficient (Wildman–Crippen LogP) is 3.31. The summed E-state index contributed by atoms with van der Waals surface area (Å²) in [5, 5.41) is 14.6. The summed E-state index contributed by atoms with van der Waals surface area (Å²) in [5.74, 6) is -2.30. The van der Waals surface area contributed by atoms with E-state index in [0.29, 0.717) is 10.8 Å². The zero-order chi connectivity index (χ0) is 18.9. The minimum absolute atomic E-state index is 0.163. The molecule has 2 unspecified atom stereocenters. The maximum absolute atomic E-state index is 13.4. The number of anilines is 1.